The standard InChI is InChI=1S/C20H21N3O6/c1-22-19(25)13-7-5-6-8-14(13)23(20(22)26)11-17(24)21-12-9-15(27-2)18(29-4)16(10-12)28-3/h5-10H,11H2,1-4H3,(H,21,24). The first kappa shape index (κ1) is 20.0. The summed E-state index contributed by atoms with van der Waals surface area (Å²) in [5.74, 6) is 0.706. The quantitative estimate of drug-likeness (QED) is 0.672. The Morgan fingerprint density at radius 1 is 1.00 bits per heavy atom. The number of carbonyl (C=O) groups is 1. The Hall–Kier alpha value is -3.75. The molecule has 0 atom stereocenters. The predicted octanol–water partition coefficient (Wildman–Crippen LogP) is 1.36. The van der Waals surface area contributed by atoms with Crippen molar-refractivity contribution in [2.24, 2.45) is 7.05 Å². The lowest BCUT2D eigenvalue weighted by atomic mass is 10.2. The summed E-state index contributed by atoms with van der Waals surface area (Å²) < 4.78 is 18.0. The Morgan fingerprint density at radius 2 is 1.62 bits per heavy atom. The lowest BCUT2D eigenvalue weighted by Crippen LogP contribution is -2.40. The lowest BCUT2D eigenvalue weighted by molar-refractivity contribution is -0.116. The third kappa shape index (κ3) is 3.66. The van der Waals surface area contributed by atoms with Gasteiger partial charge in [0.05, 0.1) is 32.2 Å². The third-order valence-corrected chi connectivity index (χ3v) is 4.50. The van der Waals surface area contributed by atoms with Crippen LogP contribution in [0.4, 0.5) is 5.69 Å². The highest BCUT2D eigenvalue weighted by Gasteiger charge is 2.16. The van der Waals surface area contributed by atoms with Gasteiger partial charge >= 0.3 is 5.69 Å². The molecule has 0 radical (unpaired) electrons. The van der Waals surface area contributed by atoms with Gasteiger partial charge in [0, 0.05) is 24.9 Å². The molecule has 1 N–H and O–H groups in total. The van der Waals surface area contributed by atoms with Crippen LogP contribution >= 0.6 is 0 Å². The number of fused-ring (bicyclic) bond motifs is 1. The van der Waals surface area contributed by atoms with Crippen LogP contribution in [0.2, 0.25) is 0 Å². The number of nitrogens with one attached hydrogen (secondary N) is 1. The van der Waals surface area contributed by atoms with E-state index in [2.05, 4.69) is 5.32 Å². The number of benzene rings is 2. The topological polar surface area (TPSA) is 101 Å². The number of anilines is 1. The molecule has 1 amide bonds. The highest BCUT2D eigenvalue weighted by atomic mass is 16.5. The zero-order chi connectivity index (χ0) is 21.1. The molecule has 0 aliphatic rings. The van der Waals surface area contributed by atoms with Crippen LogP contribution in [0.3, 0.4) is 0 Å². The number of methoxy groups -OCH3 is 3. The lowest BCUT2D eigenvalue weighted by Gasteiger charge is -2.15. The number of nitrogens with zero attached hydrogens (tertiary/aromatic N) is 2. The zero-order valence-corrected chi connectivity index (χ0v) is 16.5. The maximum atomic E-state index is 12.7. The van der Waals surface area contributed by atoms with Gasteiger partial charge in [0.15, 0.2) is 11.5 Å². The first-order valence-corrected chi connectivity index (χ1v) is 8.69. The molecule has 0 saturated carbocycles. The molecule has 3 rings (SSSR count). The van der Waals surface area contributed by atoms with Crippen LogP contribution in [0.25, 0.3) is 10.9 Å². The van der Waals surface area contributed by atoms with Gasteiger partial charge in [-0.25, -0.2) is 4.79 Å². The molecule has 1 heterocycles. The highest BCUT2D eigenvalue weighted by Crippen LogP contribution is 2.39. The second kappa shape index (κ2) is 8.09. The van der Waals surface area contributed by atoms with Crippen molar-refractivity contribution >= 4 is 22.5 Å². The minimum atomic E-state index is -0.575. The molecule has 29 heavy (non-hydrogen) atoms. The fraction of sp³-hybridized carbons (Fsp3) is 0.250. The Labute approximate surface area is 166 Å². The van der Waals surface area contributed by atoms with E-state index in [9.17, 15) is 14.4 Å². The molecule has 0 saturated heterocycles. The molecule has 3 aromatic rings. The van der Waals surface area contributed by atoms with Crippen molar-refractivity contribution in [2.75, 3.05) is 26.6 Å². The second-order valence-electron chi connectivity index (χ2n) is 6.21. The fourth-order valence-electron chi connectivity index (χ4n) is 3.09. The van der Waals surface area contributed by atoms with Crippen LogP contribution in [0, 0.1) is 0 Å². The van der Waals surface area contributed by atoms with Crippen LogP contribution < -0.4 is 30.8 Å². The van der Waals surface area contributed by atoms with E-state index >= 15 is 0 Å². The Bertz CT molecular complexity index is 1170. The maximum absolute atomic E-state index is 12.7. The smallest absolute Gasteiger partial charge is 0.331 e. The van der Waals surface area contributed by atoms with Gasteiger partial charge in [-0.15, -0.1) is 0 Å². The van der Waals surface area contributed by atoms with Crippen molar-refractivity contribution < 1.29 is 19.0 Å². The summed E-state index contributed by atoms with van der Waals surface area (Å²) in [6, 6.07) is 9.82. The number of para-hydroxylation sites is 1. The van der Waals surface area contributed by atoms with Gasteiger partial charge < -0.3 is 19.5 Å². The summed E-state index contributed by atoms with van der Waals surface area (Å²) in [5.41, 5.74) is -0.187. The average molecular weight is 399 g/mol. The normalized spacial score (nSPS) is 10.6. The highest BCUT2D eigenvalue weighted by molar-refractivity contribution is 5.92. The van der Waals surface area contributed by atoms with Crippen LogP contribution in [0.15, 0.2) is 46.0 Å². The minimum absolute atomic E-state index is 0.274. The van der Waals surface area contributed by atoms with E-state index in [0.717, 1.165) is 4.57 Å². The SMILES string of the molecule is COc1cc(NC(=O)Cn2c(=O)n(C)c(=O)c3ccccc32)cc(OC)c1OC. The van der Waals surface area contributed by atoms with E-state index in [1.807, 2.05) is 0 Å². The van der Waals surface area contributed by atoms with E-state index in [0.29, 0.717) is 33.8 Å². The van der Waals surface area contributed by atoms with Crippen molar-refractivity contribution in [3.05, 3.63) is 57.2 Å². The molecule has 9 heteroatoms. The summed E-state index contributed by atoms with van der Waals surface area (Å²) >= 11 is 0. The second-order valence-corrected chi connectivity index (χ2v) is 6.21. The van der Waals surface area contributed by atoms with Gasteiger partial charge in [0.25, 0.3) is 5.56 Å². The number of amides is 1. The molecule has 9 nitrogen and oxygen atoms in total. The number of hydrogen-bond acceptors (Lipinski definition) is 6. The molecule has 2 aromatic carbocycles. The molecular formula is C20H21N3O6. The maximum Gasteiger partial charge on any atom is 0.331 e. The monoisotopic (exact) mass is 399 g/mol. The molecule has 0 unspecified atom stereocenters. The number of aromatic nitrogens is 2. The van der Waals surface area contributed by atoms with E-state index < -0.39 is 17.2 Å². The van der Waals surface area contributed by atoms with Gasteiger partial charge in [-0.2, -0.15) is 0 Å². The Kier molecular flexibility index (Phi) is 5.58. The van der Waals surface area contributed by atoms with Gasteiger partial charge in [-0.3, -0.25) is 18.7 Å². The first-order valence-electron chi connectivity index (χ1n) is 8.69. The van der Waals surface area contributed by atoms with E-state index in [1.165, 1.54) is 32.9 Å². The van der Waals surface area contributed by atoms with Crippen molar-refractivity contribution in [3.63, 3.8) is 0 Å². The van der Waals surface area contributed by atoms with Crippen molar-refractivity contribution in [2.45, 2.75) is 6.54 Å². The molecular weight excluding hydrogens is 378 g/mol. The van der Waals surface area contributed by atoms with Crippen molar-refractivity contribution in [1.82, 2.24) is 9.13 Å². The summed E-state index contributed by atoms with van der Waals surface area (Å²) in [6.07, 6.45) is 0. The van der Waals surface area contributed by atoms with Gasteiger partial charge in [0.2, 0.25) is 11.7 Å². The summed E-state index contributed by atoms with van der Waals surface area (Å²) in [6.45, 7) is -0.274. The molecule has 1 aromatic heterocycles. The van der Waals surface area contributed by atoms with Gasteiger partial charge in [-0.1, -0.05) is 12.1 Å². The molecule has 0 aliphatic carbocycles. The Morgan fingerprint density at radius 3 is 2.21 bits per heavy atom. The zero-order valence-electron chi connectivity index (χ0n) is 16.5. The molecule has 0 spiro atoms. The van der Waals surface area contributed by atoms with Crippen LogP contribution in [0.1, 0.15) is 0 Å². The van der Waals surface area contributed by atoms with Crippen molar-refractivity contribution in [1.29, 1.82) is 0 Å². The molecule has 0 bridgehead atoms. The van der Waals surface area contributed by atoms with Gasteiger partial charge in [-0.05, 0) is 12.1 Å². The summed E-state index contributed by atoms with van der Waals surface area (Å²) in [5, 5.41) is 3.07. The number of rotatable bonds is 6. The number of carbonyl (C=O) groups excluding carboxylic acids is 1. The summed E-state index contributed by atoms with van der Waals surface area (Å²) in [7, 11) is 5.80. The van der Waals surface area contributed by atoms with Crippen molar-refractivity contribution in [3.8, 4) is 17.2 Å². The third-order valence-electron chi connectivity index (χ3n) is 4.50. The molecule has 152 valence electrons. The van der Waals surface area contributed by atoms with E-state index in [4.69, 9.17) is 14.2 Å². The number of ether oxygens (including phenoxy) is 3. The summed E-state index contributed by atoms with van der Waals surface area (Å²) in [4.78, 5) is 37.5. The van der Waals surface area contributed by atoms with E-state index in [-0.39, 0.29) is 6.54 Å². The molecule has 0 fully saturated rings. The minimum Gasteiger partial charge on any atom is -0.493 e. The first-order chi connectivity index (χ1) is 13.9. The largest absolute Gasteiger partial charge is 0.493 e. The fourth-order valence-corrected chi connectivity index (χ4v) is 3.09. The average Bonchev–Trinajstić information content (AvgIpc) is 2.74. The van der Waals surface area contributed by atoms with Crippen LogP contribution in [-0.4, -0.2) is 36.4 Å². The molecule has 0 aliphatic heterocycles. The van der Waals surface area contributed by atoms with E-state index in [1.54, 1.807) is 36.4 Å². The van der Waals surface area contributed by atoms with Crippen LogP contribution in [-0.2, 0) is 18.4 Å². The van der Waals surface area contributed by atoms with Gasteiger partial charge in [0.1, 0.15) is 6.54 Å². The number of hydrogen-bond donors (Lipinski definition) is 1. The van der Waals surface area contributed by atoms with Crippen LogP contribution in [0.5, 0.6) is 17.2 Å². The predicted molar refractivity (Wildman–Crippen MR) is 108 cm³/mol. The Balaban J connectivity index is 1.97.